The molecule has 1 aromatic carbocycles. The van der Waals surface area contributed by atoms with Crippen LogP contribution >= 0.6 is 0 Å². The Hall–Kier alpha value is -1.42. The molecule has 1 aromatic rings. The molecule has 0 aliphatic heterocycles. The van der Waals surface area contributed by atoms with Gasteiger partial charge in [0.25, 0.3) is 0 Å². The average Bonchev–Trinajstić information content (AvgIpc) is 2.28. The van der Waals surface area contributed by atoms with Gasteiger partial charge < -0.3 is 10.2 Å². The molecule has 94 valence electrons. The summed E-state index contributed by atoms with van der Waals surface area (Å²) in [6.07, 6.45) is 0.460. The van der Waals surface area contributed by atoms with Crippen molar-refractivity contribution in [2.45, 2.75) is 19.9 Å². The molecule has 0 aliphatic rings. The molecule has 0 radical (unpaired) electrons. The van der Waals surface area contributed by atoms with Crippen LogP contribution in [0.2, 0.25) is 0 Å². The molecule has 0 heterocycles. The largest absolute Gasteiger partial charge is 0.349 e. The Labute approximate surface area is 102 Å². The van der Waals surface area contributed by atoms with E-state index in [-0.39, 0.29) is 11.7 Å². The summed E-state index contributed by atoms with van der Waals surface area (Å²) in [4.78, 5) is 12.9. The fourth-order valence-corrected chi connectivity index (χ4v) is 1.47. The van der Waals surface area contributed by atoms with Crippen LogP contribution in [0.25, 0.3) is 0 Å². The third-order valence-corrected chi connectivity index (χ3v) is 2.64. The lowest BCUT2D eigenvalue weighted by atomic mass is 10.1. The number of halogens is 1. The summed E-state index contributed by atoms with van der Waals surface area (Å²) in [7, 11) is 3.47. The van der Waals surface area contributed by atoms with Crippen LogP contribution in [0.4, 0.5) is 4.39 Å². The lowest BCUT2D eigenvalue weighted by Gasteiger charge is -2.11. The smallest absolute Gasteiger partial charge is 0.223 e. The van der Waals surface area contributed by atoms with Gasteiger partial charge in [-0.05, 0) is 30.2 Å². The van der Waals surface area contributed by atoms with E-state index in [9.17, 15) is 9.18 Å². The first-order valence-corrected chi connectivity index (χ1v) is 5.66. The Kier molecular flexibility index (Phi) is 5.10. The lowest BCUT2D eigenvalue weighted by molar-refractivity contribution is -0.128. The summed E-state index contributed by atoms with van der Waals surface area (Å²) in [5.74, 6) is -0.134. The zero-order valence-corrected chi connectivity index (χ0v) is 10.6. The second kappa shape index (κ2) is 6.35. The molecule has 0 saturated heterocycles. The van der Waals surface area contributed by atoms with Gasteiger partial charge in [-0.2, -0.15) is 0 Å². The molecule has 17 heavy (non-hydrogen) atoms. The number of nitrogens with zero attached hydrogens (tertiary/aromatic N) is 1. The standard InChI is InChI=1S/C13H19FN2O/c1-10-4-5-12(14)8-11(10)9-15-7-6-13(17)16(2)3/h4-5,8,15H,6-7,9H2,1-3H3. The minimum atomic E-state index is -0.225. The Balaban J connectivity index is 2.36. The Morgan fingerprint density at radius 2 is 2.12 bits per heavy atom. The first-order chi connectivity index (χ1) is 8.00. The Morgan fingerprint density at radius 3 is 2.76 bits per heavy atom. The highest BCUT2D eigenvalue weighted by atomic mass is 19.1. The first-order valence-electron chi connectivity index (χ1n) is 5.66. The number of benzene rings is 1. The minimum absolute atomic E-state index is 0.0912. The molecule has 1 amide bonds. The molecule has 0 bridgehead atoms. The van der Waals surface area contributed by atoms with E-state index in [1.807, 2.05) is 6.92 Å². The van der Waals surface area contributed by atoms with Crippen molar-refractivity contribution in [2.75, 3.05) is 20.6 Å². The predicted octanol–water partition coefficient (Wildman–Crippen LogP) is 1.70. The van der Waals surface area contributed by atoms with Crippen molar-refractivity contribution in [3.05, 3.63) is 35.1 Å². The molecule has 0 aromatic heterocycles. The fourth-order valence-electron chi connectivity index (χ4n) is 1.47. The van der Waals surface area contributed by atoms with Crippen LogP contribution in [0.3, 0.4) is 0 Å². The Bertz CT molecular complexity index is 391. The van der Waals surface area contributed by atoms with E-state index in [0.717, 1.165) is 11.1 Å². The maximum absolute atomic E-state index is 13.0. The van der Waals surface area contributed by atoms with Crippen LogP contribution in [0.15, 0.2) is 18.2 Å². The molecule has 4 heteroatoms. The number of hydrogen-bond donors (Lipinski definition) is 1. The summed E-state index contributed by atoms with van der Waals surface area (Å²) in [5, 5.41) is 3.14. The van der Waals surface area contributed by atoms with E-state index in [4.69, 9.17) is 0 Å². The van der Waals surface area contributed by atoms with Crippen molar-refractivity contribution >= 4 is 5.91 Å². The van der Waals surface area contributed by atoms with Gasteiger partial charge in [0.15, 0.2) is 0 Å². The Morgan fingerprint density at radius 1 is 1.41 bits per heavy atom. The van der Waals surface area contributed by atoms with Crippen LogP contribution in [0.5, 0.6) is 0 Å². The van der Waals surface area contributed by atoms with Gasteiger partial charge >= 0.3 is 0 Å². The van der Waals surface area contributed by atoms with Crippen LogP contribution < -0.4 is 5.32 Å². The quantitative estimate of drug-likeness (QED) is 0.792. The average molecular weight is 238 g/mol. The van der Waals surface area contributed by atoms with Crippen LogP contribution in [0, 0.1) is 12.7 Å². The van der Waals surface area contributed by atoms with Gasteiger partial charge in [-0.15, -0.1) is 0 Å². The summed E-state index contributed by atoms with van der Waals surface area (Å²) in [5.41, 5.74) is 1.99. The van der Waals surface area contributed by atoms with Crippen LogP contribution in [0.1, 0.15) is 17.5 Å². The van der Waals surface area contributed by atoms with Crippen molar-refractivity contribution in [1.82, 2.24) is 10.2 Å². The predicted molar refractivity (Wildman–Crippen MR) is 66.2 cm³/mol. The highest BCUT2D eigenvalue weighted by Crippen LogP contribution is 2.09. The summed E-state index contributed by atoms with van der Waals surface area (Å²) in [6, 6.07) is 4.74. The lowest BCUT2D eigenvalue weighted by Crippen LogP contribution is -2.26. The van der Waals surface area contributed by atoms with E-state index in [2.05, 4.69) is 5.32 Å². The first kappa shape index (κ1) is 13.6. The summed E-state index contributed by atoms with van der Waals surface area (Å²) in [6.45, 7) is 3.14. The maximum Gasteiger partial charge on any atom is 0.223 e. The van der Waals surface area contributed by atoms with Gasteiger partial charge in [0, 0.05) is 33.6 Å². The van der Waals surface area contributed by atoms with Crippen molar-refractivity contribution in [3.63, 3.8) is 0 Å². The molecule has 1 rings (SSSR count). The molecule has 0 aliphatic carbocycles. The van der Waals surface area contributed by atoms with Gasteiger partial charge in [0.1, 0.15) is 5.82 Å². The zero-order valence-electron chi connectivity index (χ0n) is 10.6. The van der Waals surface area contributed by atoms with Crippen molar-refractivity contribution < 1.29 is 9.18 Å². The van der Waals surface area contributed by atoms with Crippen molar-refractivity contribution in [3.8, 4) is 0 Å². The van der Waals surface area contributed by atoms with Gasteiger partial charge in [-0.3, -0.25) is 4.79 Å². The third-order valence-electron chi connectivity index (χ3n) is 2.64. The molecular weight excluding hydrogens is 219 g/mol. The number of nitrogens with one attached hydrogen (secondary N) is 1. The molecule has 3 nitrogen and oxygen atoms in total. The number of aryl methyl sites for hydroxylation is 1. The summed E-state index contributed by atoms with van der Waals surface area (Å²) >= 11 is 0. The van der Waals surface area contributed by atoms with E-state index in [1.54, 1.807) is 25.1 Å². The highest BCUT2D eigenvalue weighted by Gasteiger charge is 2.04. The fraction of sp³-hybridized carbons (Fsp3) is 0.462. The van der Waals surface area contributed by atoms with E-state index in [0.29, 0.717) is 19.5 Å². The van der Waals surface area contributed by atoms with Crippen molar-refractivity contribution in [1.29, 1.82) is 0 Å². The summed E-state index contributed by atoms with van der Waals surface area (Å²) < 4.78 is 13.0. The molecule has 0 saturated carbocycles. The van der Waals surface area contributed by atoms with E-state index in [1.165, 1.54) is 12.1 Å². The van der Waals surface area contributed by atoms with Crippen molar-refractivity contribution in [2.24, 2.45) is 0 Å². The van der Waals surface area contributed by atoms with Gasteiger partial charge in [-0.25, -0.2) is 4.39 Å². The van der Waals surface area contributed by atoms with Crippen LogP contribution in [-0.4, -0.2) is 31.4 Å². The van der Waals surface area contributed by atoms with E-state index < -0.39 is 0 Å². The van der Waals surface area contributed by atoms with Gasteiger partial charge in [0.2, 0.25) is 5.91 Å². The van der Waals surface area contributed by atoms with Gasteiger partial charge in [0.05, 0.1) is 0 Å². The molecule has 1 N–H and O–H groups in total. The monoisotopic (exact) mass is 238 g/mol. The molecular formula is C13H19FN2O. The van der Waals surface area contributed by atoms with Crippen LogP contribution in [-0.2, 0) is 11.3 Å². The zero-order chi connectivity index (χ0) is 12.8. The molecule has 0 atom stereocenters. The molecule has 0 unspecified atom stereocenters. The highest BCUT2D eigenvalue weighted by molar-refractivity contribution is 5.75. The minimum Gasteiger partial charge on any atom is -0.349 e. The molecule has 0 fully saturated rings. The third kappa shape index (κ3) is 4.53. The van der Waals surface area contributed by atoms with E-state index >= 15 is 0 Å². The second-order valence-electron chi connectivity index (χ2n) is 4.29. The number of hydrogen-bond acceptors (Lipinski definition) is 2. The topological polar surface area (TPSA) is 32.3 Å². The second-order valence-corrected chi connectivity index (χ2v) is 4.29. The SMILES string of the molecule is Cc1ccc(F)cc1CNCCC(=O)N(C)C. The number of carbonyl (C=O) groups excluding carboxylic acids is 1. The normalized spacial score (nSPS) is 10.4. The molecule has 0 spiro atoms. The number of carbonyl (C=O) groups is 1. The number of rotatable bonds is 5. The van der Waals surface area contributed by atoms with Gasteiger partial charge in [-0.1, -0.05) is 6.07 Å². The maximum atomic E-state index is 13.0. The number of amides is 1.